The van der Waals surface area contributed by atoms with Crippen LogP contribution in [0.25, 0.3) is 11.2 Å². The van der Waals surface area contributed by atoms with Crippen LogP contribution >= 0.6 is 0 Å². The predicted molar refractivity (Wildman–Crippen MR) is 84.7 cm³/mol. The number of aliphatic hydroxyl groups is 2. The first kappa shape index (κ1) is 17.0. The Balaban J connectivity index is 1.90. The minimum atomic E-state index is -0.996. The molecule has 3 rings (SSSR count). The summed E-state index contributed by atoms with van der Waals surface area (Å²) in [7, 11) is 1.47. The Morgan fingerprint density at radius 3 is 2.92 bits per heavy atom. The van der Waals surface area contributed by atoms with E-state index in [9.17, 15) is 10.2 Å². The van der Waals surface area contributed by atoms with Crippen LogP contribution < -0.4 is 11.5 Å². The second-order valence-electron chi connectivity index (χ2n) is 5.76. The third kappa shape index (κ3) is 2.82. The van der Waals surface area contributed by atoms with Crippen molar-refractivity contribution in [2.24, 2.45) is 5.73 Å². The molecule has 132 valence electrons. The number of rotatable bonds is 6. The Morgan fingerprint density at radius 2 is 2.21 bits per heavy atom. The summed E-state index contributed by atoms with van der Waals surface area (Å²) in [5.41, 5.74) is 12.2. The van der Waals surface area contributed by atoms with Crippen molar-refractivity contribution in [3.8, 4) is 0 Å². The normalized spacial score (nSPS) is 28.5. The van der Waals surface area contributed by atoms with E-state index < -0.39 is 30.6 Å². The standard InChI is InChI=1S/C14H22N6O4/c1-23-11-9(22)10(7(21)3-2-4-15)24-14(11)20-6-19-8-12(16)17-5-18-13(8)20/h5-7,9-11,14,21-22H,2-4,15H2,1H3,(H2,16,17,18)/t7?,9?,10-,11?,14-/m1/s1. The van der Waals surface area contributed by atoms with Gasteiger partial charge in [-0.3, -0.25) is 4.57 Å². The van der Waals surface area contributed by atoms with Crippen molar-refractivity contribution in [3.05, 3.63) is 12.7 Å². The Bertz CT molecular complexity index is 695. The van der Waals surface area contributed by atoms with Crippen LogP contribution in [0.1, 0.15) is 19.1 Å². The van der Waals surface area contributed by atoms with E-state index in [1.807, 2.05) is 0 Å². The number of hydrogen-bond acceptors (Lipinski definition) is 9. The van der Waals surface area contributed by atoms with Crippen LogP contribution in [0.15, 0.2) is 12.7 Å². The Morgan fingerprint density at radius 1 is 1.42 bits per heavy atom. The molecule has 1 fully saturated rings. The summed E-state index contributed by atoms with van der Waals surface area (Å²) in [4.78, 5) is 12.3. The number of nitrogens with two attached hydrogens (primary N) is 2. The third-order valence-electron chi connectivity index (χ3n) is 4.27. The maximum atomic E-state index is 10.5. The molecule has 0 aliphatic carbocycles. The van der Waals surface area contributed by atoms with E-state index in [4.69, 9.17) is 20.9 Å². The second kappa shape index (κ2) is 6.95. The monoisotopic (exact) mass is 338 g/mol. The molecular weight excluding hydrogens is 316 g/mol. The van der Waals surface area contributed by atoms with Crippen molar-refractivity contribution >= 4 is 17.0 Å². The van der Waals surface area contributed by atoms with Gasteiger partial charge in [0.1, 0.15) is 30.2 Å². The van der Waals surface area contributed by atoms with E-state index in [1.54, 1.807) is 4.57 Å². The molecule has 6 N–H and O–H groups in total. The van der Waals surface area contributed by atoms with Crippen LogP contribution in [0.4, 0.5) is 5.82 Å². The molecule has 24 heavy (non-hydrogen) atoms. The van der Waals surface area contributed by atoms with Gasteiger partial charge in [-0.25, -0.2) is 15.0 Å². The molecule has 2 aromatic rings. The number of anilines is 1. The SMILES string of the molecule is COC1C(O)[C@@H](C(O)CCCN)O[C@H]1n1cnc2c(N)ncnc21. The second-order valence-corrected chi connectivity index (χ2v) is 5.76. The molecule has 2 aromatic heterocycles. The van der Waals surface area contributed by atoms with Crippen molar-refractivity contribution < 1.29 is 19.7 Å². The highest BCUT2D eigenvalue weighted by Gasteiger charge is 2.48. The van der Waals surface area contributed by atoms with Gasteiger partial charge in [0.15, 0.2) is 17.7 Å². The van der Waals surface area contributed by atoms with Crippen LogP contribution in [-0.2, 0) is 9.47 Å². The van der Waals surface area contributed by atoms with Gasteiger partial charge in [-0.2, -0.15) is 0 Å². The molecule has 0 spiro atoms. The number of aromatic nitrogens is 4. The van der Waals surface area contributed by atoms with Gasteiger partial charge in [-0.1, -0.05) is 0 Å². The molecule has 0 amide bonds. The number of aliphatic hydroxyl groups excluding tert-OH is 2. The zero-order valence-electron chi connectivity index (χ0n) is 13.3. The molecule has 1 aliphatic heterocycles. The van der Waals surface area contributed by atoms with E-state index in [2.05, 4.69) is 15.0 Å². The Labute approximate surface area is 138 Å². The van der Waals surface area contributed by atoms with Crippen molar-refractivity contribution in [2.75, 3.05) is 19.4 Å². The summed E-state index contributed by atoms with van der Waals surface area (Å²) >= 11 is 0. The zero-order chi connectivity index (χ0) is 17.3. The lowest BCUT2D eigenvalue weighted by Crippen LogP contribution is -2.39. The Hall–Kier alpha value is -1.85. The van der Waals surface area contributed by atoms with Crippen LogP contribution in [-0.4, -0.2) is 67.8 Å². The van der Waals surface area contributed by atoms with E-state index >= 15 is 0 Å². The van der Waals surface area contributed by atoms with Crippen LogP contribution in [0, 0.1) is 0 Å². The van der Waals surface area contributed by atoms with Gasteiger partial charge in [-0.15, -0.1) is 0 Å². The highest BCUT2D eigenvalue weighted by Crippen LogP contribution is 2.35. The maximum absolute atomic E-state index is 10.5. The van der Waals surface area contributed by atoms with Crippen molar-refractivity contribution in [1.29, 1.82) is 0 Å². The highest BCUT2D eigenvalue weighted by molar-refractivity contribution is 5.81. The molecular formula is C14H22N6O4. The number of methoxy groups -OCH3 is 1. The number of fused-ring (bicyclic) bond motifs is 1. The van der Waals surface area contributed by atoms with Crippen molar-refractivity contribution in [1.82, 2.24) is 19.5 Å². The third-order valence-corrected chi connectivity index (χ3v) is 4.27. The fourth-order valence-electron chi connectivity index (χ4n) is 3.02. The van der Waals surface area contributed by atoms with E-state index in [-0.39, 0.29) is 5.82 Å². The molecule has 0 bridgehead atoms. The van der Waals surface area contributed by atoms with E-state index in [0.29, 0.717) is 30.6 Å². The van der Waals surface area contributed by atoms with Crippen molar-refractivity contribution in [3.63, 3.8) is 0 Å². The minimum absolute atomic E-state index is 0.255. The molecule has 1 aliphatic rings. The molecule has 0 saturated carbocycles. The van der Waals surface area contributed by atoms with Gasteiger partial charge >= 0.3 is 0 Å². The molecule has 5 atom stereocenters. The lowest BCUT2D eigenvalue weighted by Gasteiger charge is -2.21. The fraction of sp³-hybridized carbons (Fsp3) is 0.643. The van der Waals surface area contributed by atoms with E-state index in [0.717, 1.165) is 0 Å². The summed E-state index contributed by atoms with van der Waals surface area (Å²) < 4.78 is 12.9. The summed E-state index contributed by atoms with van der Waals surface area (Å²) in [5, 5.41) is 20.8. The molecule has 3 heterocycles. The van der Waals surface area contributed by atoms with Gasteiger partial charge in [0, 0.05) is 7.11 Å². The first-order valence-corrected chi connectivity index (χ1v) is 7.76. The Kier molecular flexibility index (Phi) is 4.92. The van der Waals surface area contributed by atoms with Crippen molar-refractivity contribution in [2.45, 2.75) is 43.5 Å². The summed E-state index contributed by atoms with van der Waals surface area (Å²) in [5.74, 6) is 0.255. The van der Waals surface area contributed by atoms with Gasteiger partial charge < -0.3 is 31.2 Å². The molecule has 10 nitrogen and oxygen atoms in total. The number of hydrogen-bond donors (Lipinski definition) is 4. The average molecular weight is 338 g/mol. The smallest absolute Gasteiger partial charge is 0.167 e. The summed E-state index contributed by atoms with van der Waals surface area (Å²) in [6.45, 7) is 0.458. The summed E-state index contributed by atoms with van der Waals surface area (Å²) in [6, 6.07) is 0. The number of nitrogens with zero attached hydrogens (tertiary/aromatic N) is 4. The summed E-state index contributed by atoms with van der Waals surface area (Å²) in [6.07, 6.45) is -0.106. The average Bonchev–Trinajstić information content (AvgIpc) is 3.14. The number of nitrogen functional groups attached to an aromatic ring is 1. The lowest BCUT2D eigenvalue weighted by atomic mass is 10.0. The fourth-order valence-corrected chi connectivity index (χ4v) is 3.02. The molecule has 3 unspecified atom stereocenters. The number of imidazole rings is 1. The molecule has 10 heteroatoms. The first-order valence-electron chi connectivity index (χ1n) is 7.76. The highest BCUT2D eigenvalue weighted by atomic mass is 16.6. The minimum Gasteiger partial charge on any atom is -0.390 e. The van der Waals surface area contributed by atoms with Crippen LogP contribution in [0.3, 0.4) is 0 Å². The van der Waals surface area contributed by atoms with Gasteiger partial charge in [0.2, 0.25) is 0 Å². The molecule has 1 saturated heterocycles. The first-order chi connectivity index (χ1) is 11.6. The van der Waals surface area contributed by atoms with Crippen LogP contribution in [0.5, 0.6) is 0 Å². The van der Waals surface area contributed by atoms with Gasteiger partial charge in [0.25, 0.3) is 0 Å². The van der Waals surface area contributed by atoms with Gasteiger partial charge in [0.05, 0.1) is 12.4 Å². The quantitative estimate of drug-likeness (QED) is 0.507. The predicted octanol–water partition coefficient (Wildman–Crippen LogP) is -1.22. The van der Waals surface area contributed by atoms with E-state index in [1.165, 1.54) is 19.8 Å². The maximum Gasteiger partial charge on any atom is 0.167 e. The van der Waals surface area contributed by atoms with Gasteiger partial charge in [-0.05, 0) is 19.4 Å². The largest absolute Gasteiger partial charge is 0.390 e. The number of ether oxygens (including phenoxy) is 2. The lowest BCUT2D eigenvalue weighted by molar-refractivity contribution is -0.0868. The molecule has 0 radical (unpaired) electrons. The zero-order valence-corrected chi connectivity index (χ0v) is 13.3. The van der Waals surface area contributed by atoms with Crippen LogP contribution in [0.2, 0.25) is 0 Å². The molecule has 0 aromatic carbocycles. The topological polar surface area (TPSA) is 155 Å².